The number of rotatable bonds is 4. The molecule has 1 heterocycles. The van der Waals surface area contributed by atoms with Crippen molar-refractivity contribution in [1.29, 1.82) is 0 Å². The van der Waals surface area contributed by atoms with Crippen LogP contribution in [-0.4, -0.2) is 50.3 Å². The smallest absolute Gasteiger partial charge is 0.0826 e. The van der Waals surface area contributed by atoms with Crippen LogP contribution in [0.15, 0.2) is 0 Å². The van der Waals surface area contributed by atoms with E-state index in [0.717, 1.165) is 44.1 Å². The molecular formula is C15H30N2O. The molecule has 2 fully saturated rings. The van der Waals surface area contributed by atoms with Gasteiger partial charge in [0.05, 0.1) is 12.7 Å². The van der Waals surface area contributed by atoms with E-state index in [9.17, 15) is 0 Å². The van der Waals surface area contributed by atoms with Crippen LogP contribution in [0.4, 0.5) is 0 Å². The first-order valence-corrected chi connectivity index (χ1v) is 7.70. The predicted octanol–water partition coefficient (Wildman–Crippen LogP) is 2.12. The molecule has 0 aromatic rings. The molecule has 1 aliphatic heterocycles. The van der Waals surface area contributed by atoms with Crippen molar-refractivity contribution in [2.24, 2.45) is 11.8 Å². The molecule has 0 amide bonds. The standard InChI is InChI=1S/C15H30N2O/c1-12(2)14-6-4-5-7-15(14)16-10-13-11-17(3)8-9-18-13/h12-16H,4-11H2,1-3H3. The van der Waals surface area contributed by atoms with Gasteiger partial charge in [0, 0.05) is 25.7 Å². The van der Waals surface area contributed by atoms with Gasteiger partial charge < -0.3 is 15.0 Å². The van der Waals surface area contributed by atoms with Crippen LogP contribution in [0.1, 0.15) is 39.5 Å². The van der Waals surface area contributed by atoms with Gasteiger partial charge >= 0.3 is 0 Å². The Kier molecular flexibility index (Phi) is 5.46. The third-order valence-corrected chi connectivity index (χ3v) is 4.63. The first-order chi connectivity index (χ1) is 8.66. The quantitative estimate of drug-likeness (QED) is 0.832. The fraction of sp³-hybridized carbons (Fsp3) is 1.00. The number of likely N-dealkylation sites (N-methyl/N-ethyl adjacent to an activating group) is 1. The minimum atomic E-state index is 0.387. The summed E-state index contributed by atoms with van der Waals surface area (Å²) in [5.41, 5.74) is 0. The van der Waals surface area contributed by atoms with Gasteiger partial charge in [-0.2, -0.15) is 0 Å². The average Bonchev–Trinajstić information content (AvgIpc) is 2.37. The molecule has 2 rings (SSSR count). The van der Waals surface area contributed by atoms with Crippen molar-refractivity contribution >= 4 is 0 Å². The highest BCUT2D eigenvalue weighted by Crippen LogP contribution is 2.30. The molecule has 1 N–H and O–H groups in total. The van der Waals surface area contributed by atoms with Gasteiger partial charge in [0.2, 0.25) is 0 Å². The maximum Gasteiger partial charge on any atom is 0.0826 e. The van der Waals surface area contributed by atoms with E-state index in [1.165, 1.54) is 25.7 Å². The van der Waals surface area contributed by atoms with Crippen LogP contribution in [0.25, 0.3) is 0 Å². The summed E-state index contributed by atoms with van der Waals surface area (Å²) in [6.07, 6.45) is 5.96. The van der Waals surface area contributed by atoms with Crippen molar-refractivity contribution in [2.45, 2.75) is 51.7 Å². The highest BCUT2D eigenvalue weighted by molar-refractivity contribution is 4.84. The Labute approximate surface area is 112 Å². The number of morpholine rings is 1. The molecule has 0 bridgehead atoms. The highest BCUT2D eigenvalue weighted by Gasteiger charge is 2.28. The predicted molar refractivity (Wildman–Crippen MR) is 75.8 cm³/mol. The van der Waals surface area contributed by atoms with E-state index < -0.39 is 0 Å². The number of nitrogens with zero attached hydrogens (tertiary/aromatic N) is 1. The van der Waals surface area contributed by atoms with Gasteiger partial charge in [-0.3, -0.25) is 0 Å². The molecule has 1 saturated carbocycles. The molecule has 1 saturated heterocycles. The third-order valence-electron chi connectivity index (χ3n) is 4.63. The second kappa shape index (κ2) is 6.88. The summed E-state index contributed by atoms with van der Waals surface area (Å²) in [6.45, 7) is 8.81. The summed E-state index contributed by atoms with van der Waals surface area (Å²) >= 11 is 0. The fourth-order valence-corrected chi connectivity index (χ4v) is 3.48. The van der Waals surface area contributed by atoms with Crippen molar-refractivity contribution < 1.29 is 4.74 Å². The zero-order valence-electron chi connectivity index (χ0n) is 12.3. The van der Waals surface area contributed by atoms with E-state index in [1.807, 2.05) is 0 Å². The van der Waals surface area contributed by atoms with Crippen molar-refractivity contribution in [3.8, 4) is 0 Å². The van der Waals surface area contributed by atoms with Gasteiger partial charge in [0.15, 0.2) is 0 Å². The lowest BCUT2D eigenvalue weighted by Gasteiger charge is -2.37. The Balaban J connectivity index is 1.77. The molecule has 2 aliphatic rings. The SMILES string of the molecule is CC(C)C1CCCCC1NCC1CN(C)CCO1. The van der Waals surface area contributed by atoms with Crippen LogP contribution in [0.2, 0.25) is 0 Å². The van der Waals surface area contributed by atoms with Gasteiger partial charge in [0.25, 0.3) is 0 Å². The van der Waals surface area contributed by atoms with Gasteiger partial charge in [0.1, 0.15) is 0 Å². The lowest BCUT2D eigenvalue weighted by Crippen LogP contribution is -2.49. The number of hydrogen-bond acceptors (Lipinski definition) is 3. The maximum atomic E-state index is 5.83. The summed E-state index contributed by atoms with van der Waals surface area (Å²) in [4.78, 5) is 2.37. The van der Waals surface area contributed by atoms with Gasteiger partial charge in [-0.05, 0) is 31.7 Å². The van der Waals surface area contributed by atoms with E-state index >= 15 is 0 Å². The molecule has 0 radical (unpaired) electrons. The van der Waals surface area contributed by atoms with Crippen LogP contribution >= 0.6 is 0 Å². The Hall–Kier alpha value is -0.120. The Bertz CT molecular complexity index is 245. The van der Waals surface area contributed by atoms with E-state index in [4.69, 9.17) is 4.74 Å². The first-order valence-electron chi connectivity index (χ1n) is 7.70. The van der Waals surface area contributed by atoms with Crippen LogP contribution in [-0.2, 0) is 4.74 Å². The van der Waals surface area contributed by atoms with E-state index in [0.29, 0.717) is 6.10 Å². The van der Waals surface area contributed by atoms with Gasteiger partial charge in [-0.25, -0.2) is 0 Å². The molecule has 0 aromatic heterocycles. The summed E-state index contributed by atoms with van der Waals surface area (Å²) in [6, 6.07) is 0.717. The summed E-state index contributed by atoms with van der Waals surface area (Å²) in [5, 5.41) is 3.79. The third kappa shape index (κ3) is 3.94. The fourth-order valence-electron chi connectivity index (χ4n) is 3.48. The Morgan fingerprint density at radius 1 is 1.28 bits per heavy atom. The van der Waals surface area contributed by atoms with Gasteiger partial charge in [-0.1, -0.05) is 26.7 Å². The molecule has 3 unspecified atom stereocenters. The first kappa shape index (κ1) is 14.3. The zero-order chi connectivity index (χ0) is 13.0. The molecule has 3 heteroatoms. The lowest BCUT2D eigenvalue weighted by molar-refractivity contribution is -0.0212. The van der Waals surface area contributed by atoms with Crippen molar-refractivity contribution in [2.75, 3.05) is 33.3 Å². The maximum absolute atomic E-state index is 5.83. The summed E-state index contributed by atoms with van der Waals surface area (Å²) < 4.78 is 5.83. The topological polar surface area (TPSA) is 24.5 Å². The summed E-state index contributed by atoms with van der Waals surface area (Å²) in [7, 11) is 2.19. The highest BCUT2D eigenvalue weighted by atomic mass is 16.5. The number of nitrogens with one attached hydrogen (secondary N) is 1. The molecule has 3 atom stereocenters. The molecule has 1 aliphatic carbocycles. The van der Waals surface area contributed by atoms with Crippen molar-refractivity contribution in [3.05, 3.63) is 0 Å². The lowest BCUT2D eigenvalue weighted by atomic mass is 9.78. The Morgan fingerprint density at radius 3 is 2.78 bits per heavy atom. The zero-order valence-corrected chi connectivity index (χ0v) is 12.3. The Morgan fingerprint density at radius 2 is 2.06 bits per heavy atom. The van der Waals surface area contributed by atoms with Crippen molar-refractivity contribution in [1.82, 2.24) is 10.2 Å². The van der Waals surface area contributed by atoms with Crippen LogP contribution in [0, 0.1) is 11.8 Å². The molecule has 3 nitrogen and oxygen atoms in total. The van der Waals surface area contributed by atoms with Crippen LogP contribution < -0.4 is 5.32 Å². The van der Waals surface area contributed by atoms with Crippen LogP contribution in [0.5, 0.6) is 0 Å². The largest absolute Gasteiger partial charge is 0.374 e. The molecule has 106 valence electrons. The normalized spacial score (nSPS) is 35.0. The molecular weight excluding hydrogens is 224 g/mol. The van der Waals surface area contributed by atoms with E-state index in [1.54, 1.807) is 0 Å². The summed E-state index contributed by atoms with van der Waals surface area (Å²) in [5.74, 6) is 1.66. The second-order valence-corrected chi connectivity index (χ2v) is 6.46. The van der Waals surface area contributed by atoms with Crippen LogP contribution in [0.3, 0.4) is 0 Å². The monoisotopic (exact) mass is 254 g/mol. The molecule has 0 spiro atoms. The number of hydrogen-bond donors (Lipinski definition) is 1. The number of ether oxygens (including phenoxy) is 1. The van der Waals surface area contributed by atoms with Gasteiger partial charge in [-0.15, -0.1) is 0 Å². The minimum Gasteiger partial charge on any atom is -0.374 e. The minimum absolute atomic E-state index is 0.387. The van der Waals surface area contributed by atoms with E-state index in [-0.39, 0.29) is 0 Å². The molecule has 0 aromatic carbocycles. The molecule has 18 heavy (non-hydrogen) atoms. The van der Waals surface area contributed by atoms with E-state index in [2.05, 4.69) is 31.1 Å². The average molecular weight is 254 g/mol. The second-order valence-electron chi connectivity index (χ2n) is 6.46. The van der Waals surface area contributed by atoms with Crippen molar-refractivity contribution in [3.63, 3.8) is 0 Å².